The maximum atomic E-state index is 12.2. The van der Waals surface area contributed by atoms with Gasteiger partial charge in [0.25, 0.3) is 0 Å². The van der Waals surface area contributed by atoms with Crippen molar-refractivity contribution in [3.8, 4) is 5.75 Å². The largest absolute Gasteiger partial charge is 0.495 e. The smallest absolute Gasteiger partial charge is 0.238 e. The van der Waals surface area contributed by atoms with Crippen LogP contribution in [0.1, 0.15) is 12.8 Å². The summed E-state index contributed by atoms with van der Waals surface area (Å²) in [6, 6.07) is 5.28. The molecule has 0 saturated heterocycles. The van der Waals surface area contributed by atoms with Gasteiger partial charge in [-0.2, -0.15) is 0 Å². The van der Waals surface area contributed by atoms with Crippen molar-refractivity contribution in [2.75, 3.05) is 12.4 Å². The Morgan fingerprint density at radius 1 is 1.58 bits per heavy atom. The molecule has 0 spiro atoms. The second-order valence-electron chi connectivity index (χ2n) is 4.37. The van der Waals surface area contributed by atoms with E-state index < -0.39 is 5.41 Å². The molecule has 2 rings (SSSR count). The van der Waals surface area contributed by atoms with Crippen LogP contribution in [-0.4, -0.2) is 24.1 Å². The summed E-state index contributed by atoms with van der Waals surface area (Å²) in [5.74, 6) is 0.199. The van der Waals surface area contributed by atoms with Crippen LogP contribution in [0.3, 0.4) is 0 Å². The molecule has 7 heteroatoms. The number of hydrogen-bond donors (Lipinski definition) is 3. The number of methoxy groups -OCH3 is 1. The Bertz CT molecular complexity index is 541. The molecule has 1 aromatic rings. The summed E-state index contributed by atoms with van der Waals surface area (Å²) in [6.07, 6.45) is 1.15. The number of amidine groups is 1. The van der Waals surface area contributed by atoms with Gasteiger partial charge < -0.3 is 21.0 Å². The highest BCUT2D eigenvalue weighted by Crippen LogP contribution is 2.47. The maximum absolute atomic E-state index is 12.2. The van der Waals surface area contributed by atoms with Crippen LogP contribution in [0.25, 0.3) is 0 Å². The average Bonchev–Trinajstić information content (AvgIpc) is 3.19. The number of carbonyl (C=O) groups excluding carboxylic acids is 1. The third kappa shape index (κ3) is 2.51. The monoisotopic (exact) mass is 327 g/mol. The summed E-state index contributed by atoms with van der Waals surface area (Å²) in [5.41, 5.74) is 5.22. The maximum Gasteiger partial charge on any atom is 0.238 e. The summed E-state index contributed by atoms with van der Waals surface area (Å²) in [5, 5.41) is 14.4. The van der Waals surface area contributed by atoms with E-state index in [4.69, 9.17) is 15.7 Å². The molecule has 0 unspecified atom stereocenters. The molecule has 0 heterocycles. The SMILES string of the molecule is COc1ccc(Br)cc1NC(=O)C1(/C(N)=N/O)CC1. The van der Waals surface area contributed by atoms with Crippen molar-refractivity contribution in [2.45, 2.75) is 12.8 Å². The number of nitrogens with two attached hydrogens (primary N) is 1. The fraction of sp³-hybridized carbons (Fsp3) is 0.333. The summed E-state index contributed by atoms with van der Waals surface area (Å²) in [7, 11) is 1.52. The molecule has 1 aliphatic rings. The summed E-state index contributed by atoms with van der Waals surface area (Å²) in [6.45, 7) is 0. The molecule has 0 bridgehead atoms. The second kappa shape index (κ2) is 5.08. The number of oxime groups is 1. The molecule has 0 atom stereocenters. The van der Waals surface area contributed by atoms with Gasteiger partial charge in [0, 0.05) is 4.47 Å². The van der Waals surface area contributed by atoms with Crippen LogP contribution < -0.4 is 15.8 Å². The standard InChI is InChI=1S/C12H14BrN3O3/c1-19-9-3-2-7(13)6-8(9)15-11(17)12(4-5-12)10(14)16-18/h2-3,6,18H,4-5H2,1H3,(H2,14,16)(H,15,17). The molecule has 1 amide bonds. The van der Waals surface area contributed by atoms with E-state index in [2.05, 4.69) is 26.4 Å². The molecule has 1 aromatic carbocycles. The van der Waals surface area contributed by atoms with Crippen molar-refractivity contribution in [3.63, 3.8) is 0 Å². The van der Waals surface area contributed by atoms with Crippen molar-refractivity contribution in [2.24, 2.45) is 16.3 Å². The van der Waals surface area contributed by atoms with Gasteiger partial charge in [-0.1, -0.05) is 21.1 Å². The number of nitrogens with zero attached hydrogens (tertiary/aromatic N) is 1. The topological polar surface area (TPSA) is 96.9 Å². The van der Waals surface area contributed by atoms with Crippen molar-refractivity contribution >= 4 is 33.4 Å². The van der Waals surface area contributed by atoms with Gasteiger partial charge in [-0.05, 0) is 31.0 Å². The van der Waals surface area contributed by atoms with Crippen LogP contribution in [0, 0.1) is 5.41 Å². The van der Waals surface area contributed by atoms with Gasteiger partial charge in [0.2, 0.25) is 5.91 Å². The highest BCUT2D eigenvalue weighted by atomic mass is 79.9. The zero-order valence-corrected chi connectivity index (χ0v) is 11.9. The van der Waals surface area contributed by atoms with Gasteiger partial charge >= 0.3 is 0 Å². The van der Waals surface area contributed by atoms with E-state index in [0.29, 0.717) is 24.3 Å². The molecular formula is C12H14BrN3O3. The molecule has 19 heavy (non-hydrogen) atoms. The molecule has 0 aromatic heterocycles. The first-order chi connectivity index (χ1) is 9.03. The number of rotatable bonds is 4. The van der Waals surface area contributed by atoms with Crippen molar-refractivity contribution in [3.05, 3.63) is 22.7 Å². The van der Waals surface area contributed by atoms with Crippen LogP contribution in [-0.2, 0) is 4.79 Å². The minimum Gasteiger partial charge on any atom is -0.495 e. The Morgan fingerprint density at radius 2 is 2.26 bits per heavy atom. The van der Waals surface area contributed by atoms with E-state index in [-0.39, 0.29) is 11.7 Å². The highest BCUT2D eigenvalue weighted by molar-refractivity contribution is 9.10. The zero-order valence-electron chi connectivity index (χ0n) is 10.3. The second-order valence-corrected chi connectivity index (χ2v) is 5.28. The predicted molar refractivity (Wildman–Crippen MR) is 74.4 cm³/mol. The molecule has 6 nitrogen and oxygen atoms in total. The van der Waals surface area contributed by atoms with Crippen molar-refractivity contribution in [1.82, 2.24) is 0 Å². The molecular weight excluding hydrogens is 314 g/mol. The summed E-state index contributed by atoms with van der Waals surface area (Å²) < 4.78 is 5.99. The van der Waals surface area contributed by atoms with Gasteiger partial charge in [-0.3, -0.25) is 4.79 Å². The number of nitrogens with one attached hydrogen (secondary N) is 1. The molecule has 0 radical (unpaired) electrons. The summed E-state index contributed by atoms with van der Waals surface area (Å²) >= 11 is 3.33. The average molecular weight is 328 g/mol. The Hall–Kier alpha value is -1.76. The zero-order chi connectivity index (χ0) is 14.0. The lowest BCUT2D eigenvalue weighted by molar-refractivity contribution is -0.119. The van der Waals surface area contributed by atoms with Gasteiger partial charge in [0.1, 0.15) is 11.2 Å². The molecule has 4 N–H and O–H groups in total. The Labute approximate surface area is 118 Å². The number of halogens is 1. The van der Waals surface area contributed by atoms with Crippen molar-refractivity contribution < 1.29 is 14.7 Å². The third-order valence-electron chi connectivity index (χ3n) is 3.19. The van der Waals surface area contributed by atoms with Crippen LogP contribution in [0.4, 0.5) is 5.69 Å². The van der Waals surface area contributed by atoms with E-state index in [1.807, 2.05) is 6.07 Å². The normalized spacial score (nSPS) is 16.8. The van der Waals surface area contributed by atoms with Crippen LogP contribution in [0.5, 0.6) is 5.75 Å². The lowest BCUT2D eigenvalue weighted by atomic mass is 10.1. The molecule has 1 fully saturated rings. The Kier molecular flexibility index (Phi) is 3.66. The Balaban J connectivity index is 2.22. The Morgan fingerprint density at radius 3 is 2.79 bits per heavy atom. The van der Waals surface area contributed by atoms with Crippen LogP contribution >= 0.6 is 15.9 Å². The van der Waals surface area contributed by atoms with E-state index in [0.717, 1.165) is 4.47 Å². The number of hydrogen-bond acceptors (Lipinski definition) is 4. The number of benzene rings is 1. The predicted octanol–water partition coefficient (Wildman–Crippen LogP) is 1.92. The fourth-order valence-corrected chi connectivity index (χ4v) is 2.20. The van der Waals surface area contributed by atoms with Gasteiger partial charge in [0.15, 0.2) is 5.84 Å². The van der Waals surface area contributed by atoms with Crippen LogP contribution in [0.2, 0.25) is 0 Å². The van der Waals surface area contributed by atoms with Crippen molar-refractivity contribution in [1.29, 1.82) is 0 Å². The molecule has 0 aliphatic heterocycles. The number of amides is 1. The van der Waals surface area contributed by atoms with E-state index in [1.54, 1.807) is 12.1 Å². The van der Waals surface area contributed by atoms with Gasteiger partial charge in [-0.25, -0.2) is 0 Å². The van der Waals surface area contributed by atoms with Crippen LogP contribution in [0.15, 0.2) is 27.8 Å². The lowest BCUT2D eigenvalue weighted by Gasteiger charge is -2.15. The van der Waals surface area contributed by atoms with Gasteiger partial charge in [0.05, 0.1) is 12.8 Å². The van der Waals surface area contributed by atoms with E-state index in [9.17, 15) is 4.79 Å². The highest BCUT2D eigenvalue weighted by Gasteiger charge is 2.54. The minimum absolute atomic E-state index is 0.0565. The quantitative estimate of drug-likeness (QED) is 0.340. The third-order valence-corrected chi connectivity index (χ3v) is 3.69. The summed E-state index contributed by atoms with van der Waals surface area (Å²) in [4.78, 5) is 12.2. The number of anilines is 1. The van der Waals surface area contributed by atoms with E-state index >= 15 is 0 Å². The minimum atomic E-state index is -0.887. The molecule has 1 saturated carbocycles. The fourth-order valence-electron chi connectivity index (χ4n) is 1.84. The first kappa shape index (κ1) is 13.7. The number of ether oxygens (including phenoxy) is 1. The first-order valence-corrected chi connectivity index (χ1v) is 6.46. The first-order valence-electron chi connectivity index (χ1n) is 5.66. The van der Waals surface area contributed by atoms with E-state index in [1.165, 1.54) is 7.11 Å². The van der Waals surface area contributed by atoms with Gasteiger partial charge in [-0.15, -0.1) is 0 Å². The number of carbonyl (C=O) groups is 1. The lowest BCUT2D eigenvalue weighted by Crippen LogP contribution is -2.36. The molecule has 102 valence electrons. The molecule has 1 aliphatic carbocycles.